The lowest BCUT2D eigenvalue weighted by Crippen LogP contribution is -2.17. The summed E-state index contributed by atoms with van der Waals surface area (Å²) in [6.45, 7) is 3.08. The zero-order valence-electron chi connectivity index (χ0n) is 17.4. The van der Waals surface area contributed by atoms with Crippen LogP contribution in [-0.2, 0) is 16.1 Å². The van der Waals surface area contributed by atoms with E-state index in [1.165, 1.54) is 38.1 Å². The van der Waals surface area contributed by atoms with E-state index in [2.05, 4.69) is 22.9 Å². The van der Waals surface area contributed by atoms with Gasteiger partial charge < -0.3 is 14.6 Å². The molecule has 0 saturated carbocycles. The maximum atomic E-state index is 12.6. The molecule has 158 valence electrons. The number of carbonyl (C=O) groups is 2. The van der Waals surface area contributed by atoms with Gasteiger partial charge in [0.25, 0.3) is 0 Å². The summed E-state index contributed by atoms with van der Waals surface area (Å²) in [6, 6.07) is 14.9. The molecule has 0 unspecified atom stereocenters. The number of nitrogens with zero attached hydrogens (tertiary/aromatic N) is 2. The molecule has 1 amide bonds. The number of imidazole rings is 1. The Hall–Kier alpha value is -2.80. The lowest BCUT2D eigenvalue weighted by atomic mass is 10.2. The highest BCUT2D eigenvalue weighted by Gasteiger charge is 2.16. The van der Waals surface area contributed by atoms with E-state index in [1.807, 2.05) is 18.2 Å². The van der Waals surface area contributed by atoms with Crippen LogP contribution in [0.4, 0.5) is 5.69 Å². The number of unbranched alkanes of at least 4 members (excludes halogenated alkanes) is 3. The third-order valence-corrected chi connectivity index (χ3v) is 5.77. The van der Waals surface area contributed by atoms with Gasteiger partial charge in [-0.15, -0.1) is 0 Å². The molecule has 0 aliphatic carbocycles. The molecule has 3 aromatic rings. The Morgan fingerprint density at radius 3 is 2.63 bits per heavy atom. The lowest BCUT2D eigenvalue weighted by Gasteiger charge is -2.11. The molecule has 0 bridgehead atoms. The molecular weight excluding hydrogens is 398 g/mol. The molecule has 3 rings (SSSR count). The molecule has 0 radical (unpaired) electrons. The van der Waals surface area contributed by atoms with Crippen molar-refractivity contribution in [2.75, 3.05) is 18.2 Å². The van der Waals surface area contributed by atoms with Gasteiger partial charge in [0.05, 0.1) is 35.1 Å². The maximum Gasteiger partial charge on any atom is 0.339 e. The van der Waals surface area contributed by atoms with E-state index in [0.29, 0.717) is 11.3 Å². The van der Waals surface area contributed by atoms with Crippen molar-refractivity contribution in [3.63, 3.8) is 0 Å². The largest absolute Gasteiger partial charge is 0.465 e. The Labute approximate surface area is 181 Å². The highest BCUT2D eigenvalue weighted by Crippen LogP contribution is 2.25. The first-order valence-electron chi connectivity index (χ1n) is 10.2. The summed E-state index contributed by atoms with van der Waals surface area (Å²) in [4.78, 5) is 29.2. The average Bonchev–Trinajstić information content (AvgIpc) is 3.12. The quantitative estimate of drug-likeness (QED) is 0.277. The number of anilines is 1. The summed E-state index contributed by atoms with van der Waals surface area (Å²) in [5.74, 6) is -0.471. The van der Waals surface area contributed by atoms with Gasteiger partial charge in [0.1, 0.15) is 0 Å². The zero-order valence-corrected chi connectivity index (χ0v) is 18.2. The van der Waals surface area contributed by atoms with E-state index in [4.69, 9.17) is 9.72 Å². The first kappa shape index (κ1) is 21.9. The SMILES string of the molecule is CCCCCCn1c(SCC(=O)Nc2ccccc2C(=O)OC)nc2ccccc21. The van der Waals surface area contributed by atoms with Gasteiger partial charge >= 0.3 is 5.97 Å². The first-order chi connectivity index (χ1) is 14.6. The topological polar surface area (TPSA) is 73.2 Å². The van der Waals surface area contributed by atoms with E-state index in [0.717, 1.165) is 29.2 Å². The molecule has 2 aromatic carbocycles. The Morgan fingerprint density at radius 2 is 1.83 bits per heavy atom. The van der Waals surface area contributed by atoms with Gasteiger partial charge in [-0.3, -0.25) is 4.79 Å². The predicted octanol–water partition coefficient (Wildman–Crippen LogP) is 5.13. The molecule has 1 heterocycles. The van der Waals surface area contributed by atoms with Gasteiger partial charge in [-0.05, 0) is 30.7 Å². The number of amides is 1. The number of aryl methyl sites for hydroxylation is 1. The second kappa shape index (κ2) is 10.8. The number of rotatable bonds is 10. The third-order valence-electron chi connectivity index (χ3n) is 4.79. The lowest BCUT2D eigenvalue weighted by molar-refractivity contribution is -0.113. The molecule has 30 heavy (non-hydrogen) atoms. The van der Waals surface area contributed by atoms with Crippen molar-refractivity contribution in [1.82, 2.24) is 9.55 Å². The summed E-state index contributed by atoms with van der Waals surface area (Å²) < 4.78 is 6.98. The van der Waals surface area contributed by atoms with Crippen molar-refractivity contribution in [3.8, 4) is 0 Å². The number of methoxy groups -OCH3 is 1. The number of para-hydroxylation sites is 3. The Morgan fingerprint density at radius 1 is 1.07 bits per heavy atom. The fourth-order valence-corrected chi connectivity index (χ4v) is 4.11. The van der Waals surface area contributed by atoms with Crippen LogP contribution in [-0.4, -0.2) is 34.3 Å². The van der Waals surface area contributed by atoms with E-state index in [-0.39, 0.29) is 11.7 Å². The number of esters is 1. The fraction of sp³-hybridized carbons (Fsp3) is 0.348. The molecule has 0 spiro atoms. The number of nitrogens with one attached hydrogen (secondary N) is 1. The van der Waals surface area contributed by atoms with E-state index in [9.17, 15) is 9.59 Å². The van der Waals surface area contributed by atoms with E-state index in [1.54, 1.807) is 24.3 Å². The molecular formula is C23H27N3O3S. The first-order valence-corrected chi connectivity index (χ1v) is 11.2. The van der Waals surface area contributed by atoms with Gasteiger partial charge in [-0.2, -0.15) is 0 Å². The second-order valence-corrected chi connectivity index (χ2v) is 7.91. The molecule has 1 aromatic heterocycles. The van der Waals surface area contributed by atoms with Crippen LogP contribution in [0.3, 0.4) is 0 Å². The molecule has 0 atom stereocenters. The molecule has 0 fully saturated rings. The number of aromatic nitrogens is 2. The average molecular weight is 426 g/mol. The maximum absolute atomic E-state index is 12.6. The number of hydrogen-bond acceptors (Lipinski definition) is 5. The van der Waals surface area contributed by atoms with E-state index < -0.39 is 5.97 Å². The molecule has 7 heteroatoms. The Kier molecular flexibility index (Phi) is 7.90. The van der Waals surface area contributed by atoms with Crippen molar-refractivity contribution in [2.45, 2.75) is 44.3 Å². The van der Waals surface area contributed by atoms with Crippen molar-refractivity contribution in [2.24, 2.45) is 0 Å². The summed E-state index contributed by atoms with van der Waals surface area (Å²) in [6.07, 6.45) is 4.68. The van der Waals surface area contributed by atoms with Crippen molar-refractivity contribution in [1.29, 1.82) is 0 Å². The van der Waals surface area contributed by atoms with Crippen molar-refractivity contribution >= 4 is 40.4 Å². The minimum atomic E-state index is -0.479. The molecule has 1 N–H and O–H groups in total. The van der Waals surface area contributed by atoms with Gasteiger partial charge in [0, 0.05) is 6.54 Å². The number of carbonyl (C=O) groups excluding carboxylic acids is 2. The number of hydrogen-bond donors (Lipinski definition) is 1. The van der Waals surface area contributed by atoms with Gasteiger partial charge in [-0.1, -0.05) is 62.2 Å². The van der Waals surface area contributed by atoms with Gasteiger partial charge in [-0.25, -0.2) is 9.78 Å². The predicted molar refractivity (Wildman–Crippen MR) is 121 cm³/mol. The fourth-order valence-electron chi connectivity index (χ4n) is 3.27. The van der Waals surface area contributed by atoms with E-state index >= 15 is 0 Å². The number of thioether (sulfide) groups is 1. The highest BCUT2D eigenvalue weighted by atomic mass is 32.2. The summed E-state index contributed by atoms with van der Waals surface area (Å²) in [7, 11) is 1.32. The summed E-state index contributed by atoms with van der Waals surface area (Å²) >= 11 is 1.41. The molecule has 6 nitrogen and oxygen atoms in total. The van der Waals surface area contributed by atoms with Crippen LogP contribution in [0.2, 0.25) is 0 Å². The Bertz CT molecular complexity index is 1020. The summed E-state index contributed by atoms with van der Waals surface area (Å²) in [5.41, 5.74) is 2.81. The highest BCUT2D eigenvalue weighted by molar-refractivity contribution is 7.99. The minimum absolute atomic E-state index is 0.194. The third kappa shape index (κ3) is 5.42. The summed E-state index contributed by atoms with van der Waals surface area (Å²) in [5, 5.41) is 3.65. The molecule has 0 aliphatic rings. The van der Waals surface area contributed by atoms with Crippen molar-refractivity contribution in [3.05, 3.63) is 54.1 Å². The van der Waals surface area contributed by atoms with Crippen LogP contribution in [0.5, 0.6) is 0 Å². The van der Waals surface area contributed by atoms with Crippen LogP contribution < -0.4 is 5.32 Å². The smallest absolute Gasteiger partial charge is 0.339 e. The number of fused-ring (bicyclic) bond motifs is 1. The van der Waals surface area contributed by atoms with Crippen LogP contribution >= 0.6 is 11.8 Å². The molecule has 0 aliphatic heterocycles. The van der Waals surface area contributed by atoms with Crippen LogP contribution in [0.1, 0.15) is 43.0 Å². The van der Waals surface area contributed by atoms with Crippen LogP contribution in [0.25, 0.3) is 11.0 Å². The monoisotopic (exact) mass is 425 g/mol. The van der Waals surface area contributed by atoms with Crippen LogP contribution in [0, 0.1) is 0 Å². The normalized spacial score (nSPS) is 10.9. The van der Waals surface area contributed by atoms with Gasteiger partial charge in [0.2, 0.25) is 5.91 Å². The van der Waals surface area contributed by atoms with Crippen molar-refractivity contribution < 1.29 is 14.3 Å². The minimum Gasteiger partial charge on any atom is -0.465 e. The standard InChI is InChI=1S/C23H27N3O3S/c1-3-4-5-10-15-26-20-14-9-8-13-19(20)25-23(26)30-16-21(27)24-18-12-7-6-11-17(18)22(28)29-2/h6-9,11-14H,3-5,10,15-16H2,1-2H3,(H,24,27). The molecule has 0 saturated heterocycles. The second-order valence-electron chi connectivity index (χ2n) is 6.97. The zero-order chi connectivity index (χ0) is 21.3. The van der Waals surface area contributed by atoms with Gasteiger partial charge in [0.15, 0.2) is 5.16 Å². The van der Waals surface area contributed by atoms with Crippen LogP contribution in [0.15, 0.2) is 53.7 Å². The number of ether oxygens (including phenoxy) is 1. The Balaban J connectivity index is 1.69. The number of benzene rings is 2.